The van der Waals surface area contributed by atoms with Crippen LogP contribution in [0.5, 0.6) is 0 Å². The predicted molar refractivity (Wildman–Crippen MR) is 91.5 cm³/mol. The van der Waals surface area contributed by atoms with Gasteiger partial charge in [0.2, 0.25) is 0 Å². The van der Waals surface area contributed by atoms with Crippen LogP contribution in [0.2, 0.25) is 0 Å². The minimum Gasteiger partial charge on any atom is -0.369 e. The van der Waals surface area contributed by atoms with Crippen LogP contribution in [0.4, 0.5) is 0 Å². The number of benzene rings is 1. The number of aromatic nitrogens is 4. The van der Waals surface area contributed by atoms with E-state index >= 15 is 0 Å². The van der Waals surface area contributed by atoms with Crippen molar-refractivity contribution in [2.24, 2.45) is 7.05 Å². The zero-order valence-corrected chi connectivity index (χ0v) is 14.0. The van der Waals surface area contributed by atoms with Gasteiger partial charge < -0.3 is 9.30 Å². The van der Waals surface area contributed by atoms with Gasteiger partial charge in [-0.1, -0.05) is 12.1 Å². The first-order chi connectivity index (χ1) is 11.7. The van der Waals surface area contributed by atoms with Gasteiger partial charge in [0.25, 0.3) is 0 Å². The van der Waals surface area contributed by atoms with E-state index in [1.807, 2.05) is 19.2 Å². The van der Waals surface area contributed by atoms with Gasteiger partial charge in [-0.15, -0.1) is 0 Å². The Bertz CT molecular complexity index is 842. The smallest absolute Gasteiger partial charge is 0.123 e. The summed E-state index contributed by atoms with van der Waals surface area (Å²) in [6, 6.07) is 8.24. The maximum Gasteiger partial charge on any atom is 0.123 e. The average molecular weight is 323 g/mol. The highest BCUT2D eigenvalue weighted by atomic mass is 16.5. The van der Waals surface area contributed by atoms with Gasteiger partial charge in [-0.05, 0) is 19.1 Å². The van der Waals surface area contributed by atoms with E-state index in [1.54, 1.807) is 6.20 Å². The molecule has 1 aliphatic heterocycles. The first-order valence-corrected chi connectivity index (χ1v) is 8.23. The lowest BCUT2D eigenvalue weighted by Crippen LogP contribution is -2.38. The maximum atomic E-state index is 5.89. The number of para-hydroxylation sites is 2. The van der Waals surface area contributed by atoms with Gasteiger partial charge in [0, 0.05) is 26.3 Å². The molecule has 0 radical (unpaired) electrons. The lowest BCUT2D eigenvalue weighted by atomic mass is 10.2. The molecule has 0 aliphatic carbocycles. The van der Waals surface area contributed by atoms with E-state index in [2.05, 4.69) is 44.7 Å². The van der Waals surface area contributed by atoms with Crippen molar-refractivity contribution in [3.8, 4) is 0 Å². The number of hydrogen-bond donors (Lipinski definition) is 0. The normalized spacial score (nSPS) is 19.0. The largest absolute Gasteiger partial charge is 0.369 e. The number of aryl methyl sites for hydroxylation is 2. The lowest BCUT2D eigenvalue weighted by Gasteiger charge is -2.32. The predicted octanol–water partition coefficient (Wildman–Crippen LogP) is 2.25. The molecule has 0 saturated carbocycles. The molecule has 4 rings (SSSR count). The molecule has 1 aromatic carbocycles. The van der Waals surface area contributed by atoms with Gasteiger partial charge in [-0.2, -0.15) is 0 Å². The Morgan fingerprint density at radius 1 is 1.21 bits per heavy atom. The Morgan fingerprint density at radius 3 is 2.88 bits per heavy atom. The van der Waals surface area contributed by atoms with Crippen molar-refractivity contribution >= 4 is 11.0 Å². The molecule has 0 N–H and O–H groups in total. The number of ether oxygens (including phenoxy) is 1. The van der Waals surface area contributed by atoms with Crippen LogP contribution >= 0.6 is 0 Å². The molecule has 0 bridgehead atoms. The number of rotatable bonds is 3. The number of nitrogens with zero attached hydrogens (tertiary/aromatic N) is 5. The fraction of sp³-hybridized carbons (Fsp3) is 0.389. The SMILES string of the molecule is Cc1cnc([C@H]2CN(Cc3nc4ccccc4n3C)CCO2)cn1. The Hall–Kier alpha value is -2.31. The quantitative estimate of drug-likeness (QED) is 0.740. The van der Waals surface area contributed by atoms with E-state index < -0.39 is 0 Å². The minimum atomic E-state index is -0.0264. The average Bonchev–Trinajstić information content (AvgIpc) is 2.92. The van der Waals surface area contributed by atoms with Crippen LogP contribution < -0.4 is 0 Å². The molecule has 3 aromatic rings. The van der Waals surface area contributed by atoms with Gasteiger partial charge in [-0.25, -0.2) is 4.98 Å². The molecule has 1 saturated heterocycles. The third-order valence-electron chi connectivity index (χ3n) is 4.53. The standard InChI is InChI=1S/C18H21N5O/c1-13-9-20-15(10-19-13)17-11-23(7-8-24-17)12-18-21-14-5-3-4-6-16(14)22(18)2/h3-6,9-10,17H,7-8,11-12H2,1-2H3/t17-/m1/s1. The highest BCUT2D eigenvalue weighted by Gasteiger charge is 2.24. The summed E-state index contributed by atoms with van der Waals surface area (Å²) in [5.41, 5.74) is 4.03. The summed E-state index contributed by atoms with van der Waals surface area (Å²) in [5, 5.41) is 0. The van der Waals surface area contributed by atoms with Crippen LogP contribution in [0.15, 0.2) is 36.7 Å². The zero-order valence-electron chi connectivity index (χ0n) is 14.0. The molecular weight excluding hydrogens is 302 g/mol. The van der Waals surface area contributed by atoms with Crippen LogP contribution in [-0.4, -0.2) is 44.1 Å². The Labute approximate surface area is 141 Å². The fourth-order valence-corrected chi connectivity index (χ4v) is 3.13. The molecule has 1 atom stereocenters. The summed E-state index contributed by atoms with van der Waals surface area (Å²) in [4.78, 5) is 15.9. The molecule has 6 heteroatoms. The second-order valence-electron chi connectivity index (χ2n) is 6.25. The second-order valence-corrected chi connectivity index (χ2v) is 6.25. The van der Waals surface area contributed by atoms with Crippen LogP contribution in [-0.2, 0) is 18.3 Å². The molecule has 0 amide bonds. The molecule has 3 heterocycles. The van der Waals surface area contributed by atoms with Gasteiger partial charge in [-0.3, -0.25) is 14.9 Å². The highest BCUT2D eigenvalue weighted by Crippen LogP contribution is 2.22. The van der Waals surface area contributed by atoms with E-state index in [9.17, 15) is 0 Å². The highest BCUT2D eigenvalue weighted by molar-refractivity contribution is 5.75. The summed E-state index contributed by atoms with van der Waals surface area (Å²) in [6.45, 7) is 5.16. The molecule has 1 fully saturated rings. The fourth-order valence-electron chi connectivity index (χ4n) is 3.13. The molecule has 24 heavy (non-hydrogen) atoms. The number of morpholine rings is 1. The van der Waals surface area contributed by atoms with Crippen molar-refractivity contribution in [2.45, 2.75) is 19.6 Å². The van der Waals surface area contributed by atoms with E-state index in [-0.39, 0.29) is 6.10 Å². The van der Waals surface area contributed by atoms with Crippen molar-refractivity contribution in [3.05, 3.63) is 53.9 Å². The summed E-state index contributed by atoms with van der Waals surface area (Å²) in [5.74, 6) is 1.08. The first-order valence-electron chi connectivity index (χ1n) is 8.23. The topological polar surface area (TPSA) is 56.1 Å². The zero-order chi connectivity index (χ0) is 16.5. The molecule has 2 aromatic heterocycles. The molecular formula is C18H21N5O. The number of hydrogen-bond acceptors (Lipinski definition) is 5. The van der Waals surface area contributed by atoms with Crippen LogP contribution in [0.3, 0.4) is 0 Å². The van der Waals surface area contributed by atoms with Crippen molar-refractivity contribution in [1.29, 1.82) is 0 Å². The molecule has 124 valence electrons. The minimum absolute atomic E-state index is 0.0264. The Morgan fingerprint density at radius 2 is 2.08 bits per heavy atom. The van der Waals surface area contributed by atoms with Crippen LogP contribution in [0, 0.1) is 6.92 Å². The molecule has 1 aliphatic rings. The summed E-state index contributed by atoms with van der Waals surface area (Å²) in [6.07, 6.45) is 3.59. The monoisotopic (exact) mass is 323 g/mol. The van der Waals surface area contributed by atoms with Crippen molar-refractivity contribution < 1.29 is 4.74 Å². The third-order valence-corrected chi connectivity index (χ3v) is 4.53. The number of fused-ring (bicyclic) bond motifs is 1. The van der Waals surface area contributed by atoms with Crippen LogP contribution in [0.1, 0.15) is 23.3 Å². The van der Waals surface area contributed by atoms with Crippen molar-refractivity contribution in [3.63, 3.8) is 0 Å². The first kappa shape index (κ1) is 15.2. The Balaban J connectivity index is 1.51. The van der Waals surface area contributed by atoms with E-state index in [0.29, 0.717) is 6.61 Å². The van der Waals surface area contributed by atoms with Crippen LogP contribution in [0.25, 0.3) is 11.0 Å². The summed E-state index contributed by atoms with van der Waals surface area (Å²) in [7, 11) is 2.08. The van der Waals surface area contributed by atoms with Crippen molar-refractivity contribution in [2.75, 3.05) is 19.7 Å². The van der Waals surface area contributed by atoms with Gasteiger partial charge in [0.05, 0.1) is 41.8 Å². The van der Waals surface area contributed by atoms with Gasteiger partial charge in [0.1, 0.15) is 11.9 Å². The summed E-state index contributed by atoms with van der Waals surface area (Å²) < 4.78 is 8.06. The lowest BCUT2D eigenvalue weighted by molar-refractivity contribution is -0.0360. The number of imidazole rings is 1. The second kappa shape index (κ2) is 6.30. The van der Waals surface area contributed by atoms with Gasteiger partial charge in [0.15, 0.2) is 0 Å². The van der Waals surface area contributed by atoms with Crippen molar-refractivity contribution in [1.82, 2.24) is 24.4 Å². The Kier molecular flexibility index (Phi) is 4.00. The van der Waals surface area contributed by atoms with Gasteiger partial charge >= 0.3 is 0 Å². The molecule has 0 unspecified atom stereocenters. The maximum absolute atomic E-state index is 5.89. The molecule has 0 spiro atoms. The summed E-state index contributed by atoms with van der Waals surface area (Å²) >= 11 is 0. The molecule has 6 nitrogen and oxygen atoms in total. The third kappa shape index (κ3) is 2.90. The van der Waals surface area contributed by atoms with E-state index in [4.69, 9.17) is 9.72 Å². The van der Waals surface area contributed by atoms with E-state index in [0.717, 1.165) is 42.4 Å². The van der Waals surface area contributed by atoms with E-state index in [1.165, 1.54) is 5.52 Å².